The summed E-state index contributed by atoms with van der Waals surface area (Å²) in [7, 11) is 0. The summed E-state index contributed by atoms with van der Waals surface area (Å²) in [5.74, 6) is 0.932. The second-order valence-electron chi connectivity index (χ2n) is 7.22. The minimum atomic E-state index is 0.285. The quantitative estimate of drug-likeness (QED) is 0.829. The lowest BCUT2D eigenvalue weighted by molar-refractivity contribution is 0.193. The summed E-state index contributed by atoms with van der Waals surface area (Å²) < 4.78 is 0. The molecule has 0 saturated carbocycles. The highest BCUT2D eigenvalue weighted by molar-refractivity contribution is 7.12. The van der Waals surface area contributed by atoms with Gasteiger partial charge in [-0.2, -0.15) is 0 Å². The summed E-state index contributed by atoms with van der Waals surface area (Å²) in [4.78, 5) is 5.55. The molecule has 114 valence electrons. The van der Waals surface area contributed by atoms with Gasteiger partial charge in [0.25, 0.3) is 0 Å². The maximum absolute atomic E-state index is 3.59. The van der Waals surface area contributed by atoms with Crippen LogP contribution in [0.3, 0.4) is 0 Å². The predicted molar refractivity (Wildman–Crippen MR) is 89.6 cm³/mol. The Labute approximate surface area is 128 Å². The van der Waals surface area contributed by atoms with Gasteiger partial charge in [0.2, 0.25) is 0 Å². The number of hydrogen-bond acceptors (Lipinski definition) is 3. The number of rotatable bonds is 5. The second-order valence-corrected chi connectivity index (χ2v) is 8.39. The van der Waals surface area contributed by atoms with Crippen molar-refractivity contribution in [2.45, 2.75) is 52.5 Å². The van der Waals surface area contributed by atoms with E-state index in [4.69, 9.17) is 0 Å². The Morgan fingerprint density at radius 1 is 1.25 bits per heavy atom. The molecule has 0 aliphatic carbocycles. The average Bonchev–Trinajstić information content (AvgIpc) is 2.85. The third-order valence-corrected chi connectivity index (χ3v) is 5.69. The first-order chi connectivity index (χ1) is 9.45. The minimum absolute atomic E-state index is 0.285. The Morgan fingerprint density at radius 3 is 2.55 bits per heavy atom. The van der Waals surface area contributed by atoms with Crippen LogP contribution in [0.4, 0.5) is 0 Å². The molecule has 0 bridgehead atoms. The smallest absolute Gasteiger partial charge is 0.0300 e. The molecule has 0 spiro atoms. The Kier molecular flexibility index (Phi) is 5.65. The van der Waals surface area contributed by atoms with Crippen LogP contribution in [0, 0.1) is 5.92 Å². The summed E-state index contributed by atoms with van der Waals surface area (Å²) in [5.41, 5.74) is 0.285. The maximum atomic E-state index is 3.59. The Morgan fingerprint density at radius 2 is 1.95 bits per heavy atom. The molecule has 0 unspecified atom stereocenters. The van der Waals surface area contributed by atoms with Crippen LogP contribution >= 0.6 is 11.3 Å². The number of hydrogen-bond donors (Lipinski definition) is 1. The number of nitrogens with zero attached hydrogens (tertiary/aromatic N) is 1. The molecule has 1 aliphatic heterocycles. The van der Waals surface area contributed by atoms with Gasteiger partial charge in [-0.3, -0.25) is 0 Å². The average molecular weight is 295 g/mol. The molecule has 1 fully saturated rings. The summed E-state index contributed by atoms with van der Waals surface area (Å²) >= 11 is 1.95. The molecule has 1 N–H and O–H groups in total. The summed E-state index contributed by atoms with van der Waals surface area (Å²) in [6, 6.07) is 4.56. The first-order valence-corrected chi connectivity index (χ1v) is 8.79. The van der Waals surface area contributed by atoms with Crippen LogP contribution in [0.1, 0.15) is 50.3 Å². The van der Waals surface area contributed by atoms with E-state index < -0.39 is 0 Å². The van der Waals surface area contributed by atoms with Gasteiger partial charge in [-0.25, -0.2) is 0 Å². The van der Waals surface area contributed by atoms with E-state index in [1.807, 2.05) is 11.3 Å². The van der Waals surface area contributed by atoms with Crippen molar-refractivity contribution in [2.75, 3.05) is 26.2 Å². The Hall–Kier alpha value is -0.380. The Balaban J connectivity index is 1.65. The van der Waals surface area contributed by atoms with Crippen molar-refractivity contribution < 1.29 is 0 Å². The normalized spacial score (nSPS) is 18.6. The summed E-state index contributed by atoms with van der Waals surface area (Å²) in [5, 5.41) is 3.59. The number of likely N-dealkylation sites (tertiary alicyclic amines) is 1. The Bertz CT molecular complexity index is 397. The lowest BCUT2D eigenvalue weighted by Gasteiger charge is -2.30. The molecule has 20 heavy (non-hydrogen) atoms. The standard InChI is InChI=1S/C17H30N2S/c1-14-7-10-19(11-8-14)12-9-18-13-15-5-6-16(20-15)17(2,3)4/h5-6,14,18H,7-13H2,1-4H3. The molecule has 0 radical (unpaired) electrons. The van der Waals surface area contributed by atoms with Gasteiger partial charge in [0.05, 0.1) is 0 Å². The first kappa shape index (κ1) is 16.0. The molecule has 0 aromatic carbocycles. The first-order valence-electron chi connectivity index (χ1n) is 7.97. The van der Waals surface area contributed by atoms with E-state index >= 15 is 0 Å². The number of piperidine rings is 1. The molecule has 1 aromatic heterocycles. The zero-order valence-electron chi connectivity index (χ0n) is 13.5. The van der Waals surface area contributed by atoms with E-state index in [1.54, 1.807) is 0 Å². The van der Waals surface area contributed by atoms with Crippen LogP contribution in [-0.2, 0) is 12.0 Å². The maximum Gasteiger partial charge on any atom is 0.0300 e. The SMILES string of the molecule is CC1CCN(CCNCc2ccc(C(C)(C)C)s2)CC1. The predicted octanol–water partition coefficient (Wildman–Crippen LogP) is 3.87. The van der Waals surface area contributed by atoms with Crippen LogP contribution in [0.2, 0.25) is 0 Å². The van der Waals surface area contributed by atoms with Crippen molar-refractivity contribution in [1.82, 2.24) is 10.2 Å². The van der Waals surface area contributed by atoms with E-state index in [1.165, 1.54) is 42.2 Å². The van der Waals surface area contributed by atoms with Crippen molar-refractivity contribution in [2.24, 2.45) is 5.92 Å². The number of nitrogens with one attached hydrogen (secondary N) is 1. The highest BCUT2D eigenvalue weighted by atomic mass is 32.1. The highest BCUT2D eigenvalue weighted by Crippen LogP contribution is 2.29. The van der Waals surface area contributed by atoms with Crippen molar-refractivity contribution in [3.05, 3.63) is 21.9 Å². The van der Waals surface area contributed by atoms with Gasteiger partial charge in [-0.05, 0) is 49.4 Å². The van der Waals surface area contributed by atoms with E-state index in [-0.39, 0.29) is 5.41 Å². The van der Waals surface area contributed by atoms with Crippen molar-refractivity contribution >= 4 is 11.3 Å². The molecule has 2 nitrogen and oxygen atoms in total. The highest BCUT2D eigenvalue weighted by Gasteiger charge is 2.16. The molecule has 2 heterocycles. The third-order valence-electron chi connectivity index (χ3n) is 4.18. The van der Waals surface area contributed by atoms with Crippen LogP contribution < -0.4 is 5.32 Å². The lowest BCUT2D eigenvalue weighted by atomic mass is 9.95. The second kappa shape index (κ2) is 7.06. The van der Waals surface area contributed by atoms with Gasteiger partial charge in [0.15, 0.2) is 0 Å². The van der Waals surface area contributed by atoms with E-state index in [0.717, 1.165) is 19.0 Å². The molecular weight excluding hydrogens is 264 g/mol. The minimum Gasteiger partial charge on any atom is -0.311 e. The molecule has 1 aromatic rings. The summed E-state index contributed by atoms with van der Waals surface area (Å²) in [6.07, 6.45) is 2.75. The van der Waals surface area contributed by atoms with Gasteiger partial charge in [-0.15, -0.1) is 11.3 Å². The van der Waals surface area contributed by atoms with Gasteiger partial charge >= 0.3 is 0 Å². The van der Waals surface area contributed by atoms with Gasteiger partial charge in [0, 0.05) is 29.4 Å². The fourth-order valence-corrected chi connectivity index (χ4v) is 3.65. The van der Waals surface area contributed by atoms with Crippen molar-refractivity contribution in [1.29, 1.82) is 0 Å². The van der Waals surface area contributed by atoms with Crippen LogP contribution in [0.5, 0.6) is 0 Å². The van der Waals surface area contributed by atoms with Crippen molar-refractivity contribution in [3.63, 3.8) is 0 Å². The van der Waals surface area contributed by atoms with Gasteiger partial charge < -0.3 is 10.2 Å². The molecule has 1 aliphatic rings. The van der Waals surface area contributed by atoms with E-state index in [9.17, 15) is 0 Å². The zero-order valence-corrected chi connectivity index (χ0v) is 14.4. The third kappa shape index (κ3) is 4.87. The van der Waals surface area contributed by atoms with Crippen LogP contribution in [-0.4, -0.2) is 31.1 Å². The fourth-order valence-electron chi connectivity index (χ4n) is 2.61. The van der Waals surface area contributed by atoms with E-state index in [2.05, 4.69) is 50.0 Å². The fraction of sp³-hybridized carbons (Fsp3) is 0.765. The summed E-state index contributed by atoms with van der Waals surface area (Å²) in [6.45, 7) is 15.1. The topological polar surface area (TPSA) is 15.3 Å². The van der Waals surface area contributed by atoms with Gasteiger partial charge in [-0.1, -0.05) is 27.7 Å². The zero-order chi connectivity index (χ0) is 14.6. The lowest BCUT2D eigenvalue weighted by Crippen LogP contribution is -2.37. The van der Waals surface area contributed by atoms with Crippen LogP contribution in [0.15, 0.2) is 12.1 Å². The number of thiophene rings is 1. The van der Waals surface area contributed by atoms with Gasteiger partial charge in [0.1, 0.15) is 0 Å². The molecule has 0 amide bonds. The van der Waals surface area contributed by atoms with E-state index in [0.29, 0.717) is 0 Å². The monoisotopic (exact) mass is 294 g/mol. The molecule has 0 atom stereocenters. The van der Waals surface area contributed by atoms with Crippen molar-refractivity contribution in [3.8, 4) is 0 Å². The van der Waals surface area contributed by atoms with Crippen LogP contribution in [0.25, 0.3) is 0 Å². The molecule has 1 saturated heterocycles. The molecule has 3 heteroatoms. The largest absolute Gasteiger partial charge is 0.311 e. The molecular formula is C17H30N2S. The molecule has 2 rings (SSSR count).